The molecule has 2 fully saturated rings. The number of benzene rings is 1. The molecule has 2 atom stereocenters. The number of likely N-dealkylation sites (tertiary alicyclic amines) is 1. The molecule has 2 heterocycles. The summed E-state index contributed by atoms with van der Waals surface area (Å²) in [6.45, 7) is 5.43. The predicted molar refractivity (Wildman–Crippen MR) is 113 cm³/mol. The van der Waals surface area contributed by atoms with Crippen LogP contribution in [0.5, 0.6) is 5.75 Å². The van der Waals surface area contributed by atoms with E-state index in [1.807, 2.05) is 47.9 Å². The molecule has 0 aromatic heterocycles. The summed E-state index contributed by atoms with van der Waals surface area (Å²) in [5, 5.41) is 9.53. The second kappa shape index (κ2) is 9.05. The highest BCUT2D eigenvalue weighted by Gasteiger charge is 2.44. The number of carbonyl (C=O) groups excluding carboxylic acids is 2. The van der Waals surface area contributed by atoms with Crippen LogP contribution in [0.25, 0.3) is 0 Å². The molecular formula is C20H30N4O3S. The van der Waals surface area contributed by atoms with Gasteiger partial charge in [-0.15, -0.1) is 11.8 Å². The highest BCUT2D eigenvalue weighted by atomic mass is 32.2. The van der Waals surface area contributed by atoms with Gasteiger partial charge in [0.05, 0.1) is 18.0 Å². The Balaban J connectivity index is 1.48. The van der Waals surface area contributed by atoms with E-state index in [-0.39, 0.29) is 28.9 Å². The Kier molecular flexibility index (Phi) is 6.72. The molecular weight excluding hydrogens is 376 g/mol. The molecule has 7 nitrogen and oxygen atoms in total. The van der Waals surface area contributed by atoms with Crippen LogP contribution >= 0.6 is 11.8 Å². The zero-order valence-corrected chi connectivity index (χ0v) is 17.6. The molecule has 28 heavy (non-hydrogen) atoms. The van der Waals surface area contributed by atoms with Gasteiger partial charge in [0.15, 0.2) is 0 Å². The van der Waals surface area contributed by atoms with E-state index in [2.05, 4.69) is 22.9 Å². The fourth-order valence-electron chi connectivity index (χ4n) is 3.47. The normalized spacial score (nSPS) is 22.0. The van der Waals surface area contributed by atoms with Gasteiger partial charge in [0, 0.05) is 30.6 Å². The van der Waals surface area contributed by atoms with Crippen molar-refractivity contribution < 1.29 is 14.3 Å². The highest BCUT2D eigenvalue weighted by molar-refractivity contribution is 8.01. The van der Waals surface area contributed by atoms with Crippen LogP contribution in [0.1, 0.15) is 33.1 Å². The predicted octanol–water partition coefficient (Wildman–Crippen LogP) is 2.64. The van der Waals surface area contributed by atoms with Gasteiger partial charge in [-0.1, -0.05) is 6.92 Å². The molecule has 2 unspecified atom stereocenters. The maximum Gasteiger partial charge on any atom is 0.321 e. The standard InChI is InChI=1S/C20H30N4O3S/c1-4-14(2)21-18(25)17-13-28-20(23-17)9-11-24(12-10-20)19(26)22-15-5-7-16(27-3)8-6-15/h5-8,14,17,23H,4,9-13H2,1-3H3,(H,21,25)(H,22,26). The first-order valence-corrected chi connectivity index (χ1v) is 10.9. The molecule has 0 aliphatic carbocycles. The minimum Gasteiger partial charge on any atom is -0.497 e. The molecule has 1 aromatic rings. The highest BCUT2D eigenvalue weighted by Crippen LogP contribution is 2.39. The lowest BCUT2D eigenvalue weighted by Crippen LogP contribution is -2.55. The molecule has 1 aromatic carbocycles. The zero-order chi connectivity index (χ0) is 20.1. The third-order valence-electron chi connectivity index (χ3n) is 5.48. The molecule has 2 aliphatic heterocycles. The van der Waals surface area contributed by atoms with Crippen LogP contribution in [-0.2, 0) is 4.79 Å². The van der Waals surface area contributed by atoms with Gasteiger partial charge in [-0.05, 0) is 50.5 Å². The average Bonchev–Trinajstić information content (AvgIpc) is 3.12. The minimum atomic E-state index is -0.154. The van der Waals surface area contributed by atoms with Crippen molar-refractivity contribution in [1.82, 2.24) is 15.5 Å². The van der Waals surface area contributed by atoms with E-state index in [0.29, 0.717) is 13.1 Å². The smallest absolute Gasteiger partial charge is 0.321 e. The number of carbonyl (C=O) groups is 2. The Bertz CT molecular complexity index is 689. The summed E-state index contributed by atoms with van der Waals surface area (Å²) in [5.41, 5.74) is 0.751. The van der Waals surface area contributed by atoms with E-state index in [9.17, 15) is 9.59 Å². The number of ether oxygens (including phenoxy) is 1. The summed E-state index contributed by atoms with van der Waals surface area (Å²) in [5.74, 6) is 1.62. The molecule has 2 saturated heterocycles. The maximum atomic E-state index is 12.5. The second-order valence-corrected chi connectivity index (χ2v) is 8.87. The lowest BCUT2D eigenvalue weighted by molar-refractivity contribution is -0.123. The Labute approximate surface area is 170 Å². The van der Waals surface area contributed by atoms with Crippen molar-refractivity contribution in [3.05, 3.63) is 24.3 Å². The van der Waals surface area contributed by atoms with E-state index in [1.54, 1.807) is 7.11 Å². The molecule has 8 heteroatoms. The first-order chi connectivity index (χ1) is 13.4. The molecule has 154 valence electrons. The number of amides is 3. The molecule has 1 spiro atoms. The number of piperidine rings is 1. The average molecular weight is 407 g/mol. The van der Waals surface area contributed by atoms with Crippen LogP contribution in [0.3, 0.4) is 0 Å². The van der Waals surface area contributed by atoms with Crippen molar-refractivity contribution in [3.8, 4) is 5.75 Å². The minimum absolute atomic E-state index is 0.0819. The number of thioether (sulfide) groups is 1. The summed E-state index contributed by atoms with van der Waals surface area (Å²) in [4.78, 5) is 26.7. The topological polar surface area (TPSA) is 82.7 Å². The van der Waals surface area contributed by atoms with E-state index in [1.165, 1.54) is 0 Å². The maximum absolute atomic E-state index is 12.5. The number of anilines is 1. The Morgan fingerprint density at radius 3 is 2.61 bits per heavy atom. The van der Waals surface area contributed by atoms with Gasteiger partial charge in [0.2, 0.25) is 5.91 Å². The number of methoxy groups -OCH3 is 1. The quantitative estimate of drug-likeness (QED) is 0.700. The van der Waals surface area contributed by atoms with E-state index in [0.717, 1.165) is 36.5 Å². The second-order valence-electron chi connectivity index (χ2n) is 7.47. The van der Waals surface area contributed by atoms with Gasteiger partial charge >= 0.3 is 6.03 Å². The molecule has 0 radical (unpaired) electrons. The van der Waals surface area contributed by atoms with Crippen LogP contribution in [0.2, 0.25) is 0 Å². The number of urea groups is 1. The van der Waals surface area contributed by atoms with E-state index in [4.69, 9.17) is 4.74 Å². The van der Waals surface area contributed by atoms with Crippen LogP contribution in [-0.4, -0.2) is 59.7 Å². The van der Waals surface area contributed by atoms with Gasteiger partial charge in [-0.2, -0.15) is 0 Å². The number of rotatable bonds is 5. The molecule has 0 bridgehead atoms. The number of hydrogen-bond donors (Lipinski definition) is 3. The van der Waals surface area contributed by atoms with E-state index >= 15 is 0 Å². The van der Waals surface area contributed by atoms with Gasteiger partial charge in [-0.3, -0.25) is 10.1 Å². The van der Waals surface area contributed by atoms with E-state index < -0.39 is 0 Å². The summed E-state index contributed by atoms with van der Waals surface area (Å²) in [6.07, 6.45) is 2.59. The first-order valence-electron chi connectivity index (χ1n) is 9.86. The van der Waals surface area contributed by atoms with Crippen molar-refractivity contribution in [1.29, 1.82) is 0 Å². The number of nitrogens with zero attached hydrogens (tertiary/aromatic N) is 1. The number of hydrogen-bond acceptors (Lipinski definition) is 5. The van der Waals surface area contributed by atoms with Crippen LogP contribution < -0.4 is 20.7 Å². The van der Waals surface area contributed by atoms with Crippen molar-refractivity contribution >= 4 is 29.4 Å². The third-order valence-corrected chi connectivity index (χ3v) is 7.06. The first kappa shape index (κ1) is 20.8. The van der Waals surface area contributed by atoms with Gasteiger partial charge in [0.25, 0.3) is 0 Å². The summed E-state index contributed by atoms with van der Waals surface area (Å²) in [6, 6.07) is 7.26. The fourth-order valence-corrected chi connectivity index (χ4v) is 4.88. The van der Waals surface area contributed by atoms with Crippen molar-refractivity contribution in [2.24, 2.45) is 0 Å². The third kappa shape index (κ3) is 4.91. The fraction of sp³-hybridized carbons (Fsp3) is 0.600. The molecule has 3 amide bonds. The molecule has 0 saturated carbocycles. The molecule has 3 N–H and O–H groups in total. The van der Waals surface area contributed by atoms with Crippen molar-refractivity contribution in [2.45, 2.75) is 50.1 Å². The summed E-state index contributed by atoms with van der Waals surface area (Å²) < 4.78 is 5.14. The Morgan fingerprint density at radius 2 is 2.00 bits per heavy atom. The summed E-state index contributed by atoms with van der Waals surface area (Å²) in [7, 11) is 1.62. The SMILES string of the molecule is CCC(C)NC(=O)C1CSC2(CCN(C(=O)Nc3ccc(OC)cc3)CC2)N1. The van der Waals surface area contributed by atoms with Crippen molar-refractivity contribution in [3.63, 3.8) is 0 Å². The zero-order valence-electron chi connectivity index (χ0n) is 16.8. The molecule has 3 rings (SSSR count). The Morgan fingerprint density at radius 1 is 1.32 bits per heavy atom. The van der Waals surface area contributed by atoms with Crippen molar-refractivity contribution in [2.75, 3.05) is 31.3 Å². The monoisotopic (exact) mass is 406 g/mol. The molecule has 2 aliphatic rings. The lowest BCUT2D eigenvalue weighted by atomic mass is 10.0. The number of nitrogens with one attached hydrogen (secondary N) is 3. The van der Waals surface area contributed by atoms with Gasteiger partial charge < -0.3 is 20.3 Å². The largest absolute Gasteiger partial charge is 0.497 e. The van der Waals surface area contributed by atoms with Crippen LogP contribution in [0.15, 0.2) is 24.3 Å². The lowest BCUT2D eigenvalue weighted by Gasteiger charge is -2.39. The van der Waals surface area contributed by atoms with Crippen LogP contribution in [0, 0.1) is 0 Å². The summed E-state index contributed by atoms with van der Waals surface area (Å²) >= 11 is 1.81. The van der Waals surface area contributed by atoms with Gasteiger partial charge in [-0.25, -0.2) is 4.79 Å². The van der Waals surface area contributed by atoms with Crippen LogP contribution in [0.4, 0.5) is 10.5 Å². The van der Waals surface area contributed by atoms with Gasteiger partial charge in [0.1, 0.15) is 5.75 Å². The Hall–Kier alpha value is -1.93.